The summed E-state index contributed by atoms with van der Waals surface area (Å²) in [5.74, 6) is 1.65. The van der Waals surface area contributed by atoms with Crippen LogP contribution in [0.15, 0.2) is 48.6 Å². The first-order valence-corrected chi connectivity index (χ1v) is 45.1. The molecule has 0 heterocycles. The number of carbonyl (C=O) groups excluding carboxylic acids is 4. The van der Waals surface area contributed by atoms with Crippen LogP contribution in [0.5, 0.6) is 0 Å². The smallest absolute Gasteiger partial charge is 0.789 e. The van der Waals surface area contributed by atoms with Crippen LogP contribution in [-0.2, 0) is 88.6 Å². The summed E-state index contributed by atoms with van der Waals surface area (Å²) in [4.78, 5) is 45.1. The Balaban J connectivity index is -0.000000165. The van der Waals surface area contributed by atoms with Gasteiger partial charge in [-0.1, -0.05) is 348 Å². The van der Waals surface area contributed by atoms with E-state index in [0.29, 0.717) is 75.1 Å². The van der Waals surface area contributed by atoms with Gasteiger partial charge in [-0.15, -0.1) is 23.0 Å². The Kier molecular flexibility index (Phi) is 141. The number of unbranched alkanes of at least 4 members (excludes halogenated alkanes) is 52. The molecule has 4 radical (unpaired) electrons. The molecule has 0 aliphatic heterocycles. The minimum Gasteiger partial charge on any atom is -0.789 e. The largest absolute Gasteiger partial charge is 2.00 e. The van der Waals surface area contributed by atoms with Gasteiger partial charge >= 0.3 is 71.7 Å². The zero-order valence-corrected chi connectivity index (χ0v) is 77.9. The molecule has 0 rings (SSSR count). The Hall–Kier alpha value is 0.187. The van der Waals surface area contributed by atoms with Crippen LogP contribution >= 0.6 is 13.5 Å². The average molecular weight is 1780 g/mol. The van der Waals surface area contributed by atoms with Gasteiger partial charge in [-0.2, -0.15) is 13.5 Å². The molecular weight excluding hydrogens is 1610 g/mol. The zero-order chi connectivity index (χ0) is 73.7. The van der Waals surface area contributed by atoms with Crippen molar-refractivity contribution in [3.63, 3.8) is 0 Å². The van der Waals surface area contributed by atoms with Crippen LogP contribution in [0.3, 0.4) is 0 Å². The predicted molar refractivity (Wildman–Crippen MR) is 483 cm³/mol. The third-order valence-electron chi connectivity index (χ3n) is 18.0. The molecule has 0 aliphatic rings. The molecule has 0 aliphatic carbocycles. The van der Waals surface area contributed by atoms with Crippen molar-refractivity contribution in [2.24, 2.45) is 0 Å². The molecule has 620 valence electrons. The van der Waals surface area contributed by atoms with Gasteiger partial charge in [0.05, 0.1) is 26.4 Å². The first-order chi connectivity index (χ1) is 49.2. The van der Waals surface area contributed by atoms with Crippen molar-refractivity contribution in [1.82, 2.24) is 0 Å². The van der Waals surface area contributed by atoms with Gasteiger partial charge in [-0.3, -0.25) is 19.2 Å². The minimum atomic E-state index is -0.0871. The SMILES string of the molecule is C.C.CCCCCCCCC/C=C/CCCCCCCCC(=O)OCC[S-].CCCCCCCCC/C=C/CCCCCCCCC(=O)OCC[S-].CCCCCCCCC/C=C/CCCCCCCCC(=O)OCC[S-].CCCCCCCCC/C=C/CCCCCCCCC(=O)OCC[S-].S.[Sn+2].[Sn+2]. The first kappa shape index (κ1) is 123. The molecule has 0 saturated heterocycles. The molecule has 0 aromatic carbocycles. The summed E-state index contributed by atoms with van der Waals surface area (Å²) in [5, 5.41) is 0. The molecule has 0 amide bonds. The predicted octanol–water partition coefficient (Wildman–Crippen LogP) is 28.2. The number of esters is 4. The van der Waals surface area contributed by atoms with Gasteiger partial charge in [-0.25, -0.2) is 0 Å². The van der Waals surface area contributed by atoms with Crippen LogP contribution in [-0.4, -0.2) is 121 Å². The van der Waals surface area contributed by atoms with E-state index in [4.69, 9.17) is 69.5 Å². The molecule has 105 heavy (non-hydrogen) atoms. The molecule has 0 bridgehead atoms. The van der Waals surface area contributed by atoms with Crippen molar-refractivity contribution in [1.29, 1.82) is 0 Å². The van der Waals surface area contributed by atoms with Crippen molar-refractivity contribution >= 4 is 136 Å². The zero-order valence-electron chi connectivity index (χ0n) is 67.9. The molecule has 0 spiro atoms. The number of rotatable bonds is 76. The fraction of sp³-hybridized carbons (Fsp3) is 0.867. The molecule has 0 aromatic heterocycles. The second kappa shape index (κ2) is 120. The van der Waals surface area contributed by atoms with Gasteiger partial charge < -0.3 is 69.5 Å². The van der Waals surface area contributed by atoms with Gasteiger partial charge in [0.25, 0.3) is 0 Å². The van der Waals surface area contributed by atoms with Gasteiger partial charge in [0.15, 0.2) is 0 Å². The normalized spacial score (nSPS) is 10.7. The van der Waals surface area contributed by atoms with Gasteiger partial charge in [0.2, 0.25) is 0 Å². The molecule has 0 unspecified atom stereocenters. The summed E-state index contributed by atoms with van der Waals surface area (Å²) in [6.45, 7) is 10.6. The Bertz CT molecular complexity index is 1470. The monoisotopic (exact) mass is 1780 g/mol. The minimum absolute atomic E-state index is 0. The molecule has 15 heteroatoms. The molecule has 0 fully saturated rings. The van der Waals surface area contributed by atoms with Crippen molar-refractivity contribution in [3.8, 4) is 0 Å². The van der Waals surface area contributed by atoms with E-state index in [0.717, 1.165) is 51.4 Å². The topological polar surface area (TPSA) is 105 Å². The fourth-order valence-corrected chi connectivity index (χ4v) is 12.0. The van der Waals surface area contributed by atoms with E-state index in [1.54, 1.807) is 0 Å². The fourth-order valence-electron chi connectivity index (χ4n) is 11.7. The first-order valence-electron chi connectivity index (χ1n) is 42.8. The standard InChI is InChI=1S/4C22H42O2S.2CH4.H2S.2Sn/c4*1-2-3-4-5-6-7-8-9-10-11-12-13-14-15-16-17-18-19-22(23)24-20-21-25;;;;;/h4*10-11,25H,2-9,12-21H2,1H3;2*1H4;1H2;;/q;;;;;;;2*+2/p-4/b4*11-10+;;;;;. The van der Waals surface area contributed by atoms with Crippen LogP contribution in [0, 0.1) is 0 Å². The number of ether oxygens (including phenoxy) is 4. The van der Waals surface area contributed by atoms with E-state index in [-0.39, 0.29) is 100 Å². The summed E-state index contributed by atoms with van der Waals surface area (Å²) in [7, 11) is 0. The van der Waals surface area contributed by atoms with Crippen molar-refractivity contribution in [2.45, 2.75) is 453 Å². The van der Waals surface area contributed by atoms with Crippen molar-refractivity contribution < 1.29 is 38.1 Å². The van der Waals surface area contributed by atoms with E-state index in [1.165, 1.54) is 334 Å². The maximum absolute atomic E-state index is 11.3. The van der Waals surface area contributed by atoms with Crippen LogP contribution in [0.2, 0.25) is 0 Å². The van der Waals surface area contributed by atoms with Gasteiger partial charge in [0.1, 0.15) is 0 Å². The van der Waals surface area contributed by atoms with Crippen molar-refractivity contribution in [2.75, 3.05) is 49.4 Å². The van der Waals surface area contributed by atoms with E-state index in [2.05, 4.69) is 76.3 Å². The van der Waals surface area contributed by atoms with E-state index in [9.17, 15) is 19.2 Å². The number of allylic oxidation sites excluding steroid dienone is 8. The summed E-state index contributed by atoms with van der Waals surface area (Å²) < 4.78 is 19.9. The Labute approximate surface area is 719 Å². The number of hydrogen-bond acceptors (Lipinski definition) is 12. The molecule has 8 nitrogen and oxygen atoms in total. The quantitative estimate of drug-likeness (QED) is 0.0145. The van der Waals surface area contributed by atoms with Crippen LogP contribution in [0.1, 0.15) is 453 Å². The molecular formula is C90H174O8S5Sn2. The molecule has 0 aromatic rings. The second-order valence-corrected chi connectivity index (χ2v) is 29.5. The van der Waals surface area contributed by atoms with Crippen LogP contribution in [0.4, 0.5) is 0 Å². The number of carbonyl (C=O) groups is 4. The third-order valence-corrected chi connectivity index (χ3v) is 18.6. The molecule has 0 atom stereocenters. The molecule has 0 N–H and O–H groups in total. The average Bonchev–Trinajstić information content (AvgIpc) is 3.63. The Morgan fingerprint density at radius 1 is 0.210 bits per heavy atom. The van der Waals surface area contributed by atoms with Gasteiger partial charge in [0, 0.05) is 25.7 Å². The summed E-state index contributed by atoms with van der Waals surface area (Å²) in [6.07, 6.45) is 99.0. The maximum atomic E-state index is 11.3. The van der Waals surface area contributed by atoms with Crippen molar-refractivity contribution in [3.05, 3.63) is 48.6 Å². The Morgan fingerprint density at radius 2 is 0.324 bits per heavy atom. The summed E-state index contributed by atoms with van der Waals surface area (Å²) >= 11 is 19.0. The maximum Gasteiger partial charge on any atom is 2.00 e. The van der Waals surface area contributed by atoms with E-state index in [1.807, 2.05) is 0 Å². The van der Waals surface area contributed by atoms with Crippen LogP contribution in [0.25, 0.3) is 0 Å². The number of hydrogen-bond donors (Lipinski definition) is 0. The summed E-state index contributed by atoms with van der Waals surface area (Å²) in [5.41, 5.74) is 0. The third kappa shape index (κ3) is 128. The van der Waals surface area contributed by atoms with E-state index >= 15 is 0 Å². The Morgan fingerprint density at radius 3 is 0.448 bits per heavy atom. The summed E-state index contributed by atoms with van der Waals surface area (Å²) in [6, 6.07) is 0. The van der Waals surface area contributed by atoms with Gasteiger partial charge in [-0.05, 0) is 128 Å². The van der Waals surface area contributed by atoms with Crippen LogP contribution < -0.4 is 0 Å². The van der Waals surface area contributed by atoms with E-state index < -0.39 is 0 Å². The second-order valence-electron chi connectivity index (χ2n) is 27.9. The molecule has 0 saturated carbocycles.